The van der Waals surface area contributed by atoms with Crippen molar-refractivity contribution in [2.75, 3.05) is 50.8 Å². The molecule has 2 fully saturated rings. The second kappa shape index (κ2) is 6.91. The van der Waals surface area contributed by atoms with E-state index in [0.29, 0.717) is 13.2 Å². The van der Waals surface area contributed by atoms with Crippen molar-refractivity contribution in [3.8, 4) is 0 Å². The molecule has 0 aromatic heterocycles. The molecule has 0 bridgehead atoms. The van der Waals surface area contributed by atoms with Crippen molar-refractivity contribution in [1.29, 1.82) is 0 Å². The van der Waals surface area contributed by atoms with Crippen LogP contribution in [0.2, 0.25) is 0 Å². The van der Waals surface area contributed by atoms with Gasteiger partial charge in [0.15, 0.2) is 0 Å². The summed E-state index contributed by atoms with van der Waals surface area (Å²) in [6.07, 6.45) is 0.697. The molecular formula is C16H23N3O2. The average Bonchev–Trinajstić information content (AvgIpc) is 2.82. The van der Waals surface area contributed by atoms with Crippen LogP contribution in [0.3, 0.4) is 0 Å². The third-order valence-electron chi connectivity index (χ3n) is 4.13. The zero-order valence-corrected chi connectivity index (χ0v) is 12.3. The van der Waals surface area contributed by atoms with Crippen LogP contribution in [0, 0.1) is 0 Å². The fourth-order valence-corrected chi connectivity index (χ4v) is 2.96. The number of carbonyl (C=O) groups is 1. The molecule has 3 rings (SSSR count). The summed E-state index contributed by atoms with van der Waals surface area (Å²) in [6, 6.07) is 10.4. The minimum atomic E-state index is -0.304. The molecule has 5 heteroatoms. The molecule has 1 N–H and O–H groups in total. The maximum Gasteiger partial charge on any atom is 0.253 e. The number of morpholine rings is 1. The third kappa shape index (κ3) is 3.54. The highest BCUT2D eigenvalue weighted by molar-refractivity contribution is 5.81. The number of nitrogens with zero attached hydrogens (tertiary/aromatic N) is 2. The molecule has 1 aromatic rings. The van der Waals surface area contributed by atoms with Crippen molar-refractivity contribution < 1.29 is 9.53 Å². The molecule has 0 aliphatic carbocycles. The van der Waals surface area contributed by atoms with Crippen molar-refractivity contribution >= 4 is 11.6 Å². The number of hydrogen-bond donors (Lipinski definition) is 1. The number of carbonyl (C=O) groups excluding carboxylic acids is 1. The Morgan fingerprint density at radius 1 is 1.14 bits per heavy atom. The number of hydrogen-bond acceptors (Lipinski definition) is 4. The summed E-state index contributed by atoms with van der Waals surface area (Å²) in [7, 11) is 0. The zero-order chi connectivity index (χ0) is 14.5. The van der Waals surface area contributed by atoms with E-state index < -0.39 is 0 Å². The number of anilines is 1. The van der Waals surface area contributed by atoms with Gasteiger partial charge < -0.3 is 19.9 Å². The summed E-state index contributed by atoms with van der Waals surface area (Å²) >= 11 is 0. The van der Waals surface area contributed by atoms with Crippen LogP contribution in [0.4, 0.5) is 5.69 Å². The van der Waals surface area contributed by atoms with Gasteiger partial charge in [0.1, 0.15) is 6.10 Å². The Hall–Kier alpha value is -1.59. The van der Waals surface area contributed by atoms with E-state index in [1.54, 1.807) is 0 Å². The monoisotopic (exact) mass is 289 g/mol. The lowest BCUT2D eigenvalue weighted by Gasteiger charge is -2.29. The minimum absolute atomic E-state index is 0.136. The summed E-state index contributed by atoms with van der Waals surface area (Å²) in [6.45, 7) is 5.58. The lowest BCUT2D eigenvalue weighted by atomic mass is 10.2. The number of nitrogens with one attached hydrogen (secondary N) is 1. The second-order valence-corrected chi connectivity index (χ2v) is 5.56. The highest BCUT2D eigenvalue weighted by Gasteiger charge is 2.28. The standard InChI is InChI=1S/C16H23N3O2/c20-16(15-13-17-7-12-21-15)19-9-4-8-18(10-11-19)14-5-2-1-3-6-14/h1-3,5-6,15,17H,4,7-13H2. The second-order valence-electron chi connectivity index (χ2n) is 5.56. The highest BCUT2D eigenvalue weighted by Crippen LogP contribution is 2.16. The van der Waals surface area contributed by atoms with Gasteiger partial charge in [-0.15, -0.1) is 0 Å². The van der Waals surface area contributed by atoms with Gasteiger partial charge in [0.05, 0.1) is 6.61 Å². The maximum atomic E-state index is 12.5. The van der Waals surface area contributed by atoms with Crippen molar-refractivity contribution in [3.63, 3.8) is 0 Å². The first-order chi connectivity index (χ1) is 10.3. The lowest BCUT2D eigenvalue weighted by Crippen LogP contribution is -2.50. The smallest absolute Gasteiger partial charge is 0.253 e. The van der Waals surface area contributed by atoms with Gasteiger partial charge in [0, 0.05) is 45.0 Å². The predicted molar refractivity (Wildman–Crippen MR) is 82.5 cm³/mol. The quantitative estimate of drug-likeness (QED) is 0.871. The number of ether oxygens (including phenoxy) is 1. The molecule has 2 aliphatic rings. The first kappa shape index (κ1) is 14.4. The number of benzene rings is 1. The van der Waals surface area contributed by atoms with E-state index >= 15 is 0 Å². The van der Waals surface area contributed by atoms with Crippen LogP contribution in [-0.2, 0) is 9.53 Å². The molecule has 0 spiro atoms. The molecule has 0 saturated carbocycles. The molecule has 0 radical (unpaired) electrons. The van der Waals surface area contributed by atoms with Crippen LogP contribution in [0.25, 0.3) is 0 Å². The number of amides is 1. The van der Waals surface area contributed by atoms with Crippen LogP contribution in [0.5, 0.6) is 0 Å². The Morgan fingerprint density at radius 3 is 2.76 bits per heavy atom. The van der Waals surface area contributed by atoms with E-state index in [1.807, 2.05) is 11.0 Å². The van der Waals surface area contributed by atoms with Crippen molar-refractivity contribution in [2.24, 2.45) is 0 Å². The first-order valence-corrected chi connectivity index (χ1v) is 7.76. The van der Waals surface area contributed by atoms with Gasteiger partial charge in [0.25, 0.3) is 5.91 Å². The summed E-state index contributed by atoms with van der Waals surface area (Å²) in [5.74, 6) is 0.136. The Kier molecular flexibility index (Phi) is 4.72. The fourth-order valence-electron chi connectivity index (χ4n) is 2.96. The molecule has 1 aromatic carbocycles. The van der Waals surface area contributed by atoms with Gasteiger partial charge in [-0.2, -0.15) is 0 Å². The average molecular weight is 289 g/mol. The van der Waals surface area contributed by atoms with Crippen molar-refractivity contribution in [3.05, 3.63) is 30.3 Å². The SMILES string of the molecule is O=C(C1CNCCO1)N1CCCN(c2ccccc2)CC1. The van der Waals surface area contributed by atoms with Gasteiger partial charge >= 0.3 is 0 Å². The van der Waals surface area contributed by atoms with Crippen LogP contribution in [0.15, 0.2) is 30.3 Å². The summed E-state index contributed by atoms with van der Waals surface area (Å²) in [5, 5.41) is 3.22. The molecule has 2 aliphatic heterocycles. The molecule has 1 unspecified atom stereocenters. The molecule has 1 amide bonds. The Balaban J connectivity index is 1.59. The van der Waals surface area contributed by atoms with E-state index in [1.165, 1.54) is 5.69 Å². The van der Waals surface area contributed by atoms with Crippen LogP contribution < -0.4 is 10.2 Å². The van der Waals surface area contributed by atoms with Crippen LogP contribution in [-0.4, -0.2) is 62.8 Å². The molecule has 21 heavy (non-hydrogen) atoms. The van der Waals surface area contributed by atoms with Crippen LogP contribution >= 0.6 is 0 Å². The zero-order valence-electron chi connectivity index (χ0n) is 12.3. The van der Waals surface area contributed by atoms with Gasteiger partial charge in [-0.25, -0.2) is 0 Å². The summed E-state index contributed by atoms with van der Waals surface area (Å²) in [4.78, 5) is 16.8. The van der Waals surface area contributed by atoms with E-state index in [9.17, 15) is 4.79 Å². The lowest BCUT2D eigenvalue weighted by molar-refractivity contribution is -0.144. The molecule has 114 valence electrons. The van der Waals surface area contributed by atoms with Gasteiger partial charge in [0.2, 0.25) is 0 Å². The van der Waals surface area contributed by atoms with E-state index in [0.717, 1.165) is 39.1 Å². The van der Waals surface area contributed by atoms with Crippen LogP contribution in [0.1, 0.15) is 6.42 Å². The molecule has 2 saturated heterocycles. The van der Waals surface area contributed by atoms with Gasteiger partial charge in [-0.1, -0.05) is 18.2 Å². The molecule has 2 heterocycles. The summed E-state index contributed by atoms with van der Waals surface area (Å²) < 4.78 is 5.58. The van der Waals surface area contributed by atoms with Gasteiger partial charge in [-0.3, -0.25) is 4.79 Å². The fraction of sp³-hybridized carbons (Fsp3) is 0.562. The summed E-state index contributed by atoms with van der Waals surface area (Å²) in [5.41, 5.74) is 1.24. The predicted octanol–water partition coefficient (Wildman–Crippen LogP) is 0.714. The Bertz CT molecular complexity index is 460. The Morgan fingerprint density at radius 2 is 2.00 bits per heavy atom. The maximum absolute atomic E-state index is 12.5. The molecule has 5 nitrogen and oxygen atoms in total. The number of para-hydroxylation sites is 1. The third-order valence-corrected chi connectivity index (χ3v) is 4.13. The van der Waals surface area contributed by atoms with E-state index in [-0.39, 0.29) is 12.0 Å². The largest absolute Gasteiger partial charge is 0.370 e. The minimum Gasteiger partial charge on any atom is -0.370 e. The Labute approximate surface area is 125 Å². The molecule has 1 atom stereocenters. The molecular weight excluding hydrogens is 266 g/mol. The van der Waals surface area contributed by atoms with Crippen molar-refractivity contribution in [2.45, 2.75) is 12.5 Å². The van der Waals surface area contributed by atoms with E-state index in [2.05, 4.69) is 34.5 Å². The normalized spacial score (nSPS) is 23.7. The van der Waals surface area contributed by atoms with Gasteiger partial charge in [-0.05, 0) is 18.6 Å². The van der Waals surface area contributed by atoms with E-state index in [4.69, 9.17) is 4.74 Å². The highest BCUT2D eigenvalue weighted by atomic mass is 16.5. The van der Waals surface area contributed by atoms with Crippen molar-refractivity contribution in [1.82, 2.24) is 10.2 Å². The number of rotatable bonds is 2. The first-order valence-electron chi connectivity index (χ1n) is 7.76. The topological polar surface area (TPSA) is 44.8 Å².